The number of amides is 1. The molecule has 1 aliphatic rings. The number of nitrogen functional groups attached to an aromatic ring is 1. The van der Waals surface area contributed by atoms with E-state index in [1.165, 1.54) is 0 Å². The molecule has 6 nitrogen and oxygen atoms in total. The summed E-state index contributed by atoms with van der Waals surface area (Å²) in [4.78, 5) is 22.9. The molecule has 0 aromatic heterocycles. The van der Waals surface area contributed by atoms with Gasteiger partial charge < -0.3 is 21.0 Å². The Morgan fingerprint density at radius 2 is 1.95 bits per heavy atom. The van der Waals surface area contributed by atoms with Crippen molar-refractivity contribution in [3.05, 3.63) is 47.0 Å². The van der Waals surface area contributed by atoms with Crippen LogP contribution in [0.1, 0.15) is 24.0 Å². The number of hydrogen-bond acceptors (Lipinski definition) is 4. The molecule has 0 fully saturated rings. The van der Waals surface area contributed by atoms with Crippen LogP contribution in [0.15, 0.2) is 35.9 Å². The van der Waals surface area contributed by atoms with Gasteiger partial charge in [0.05, 0.1) is 0 Å². The average molecular weight is 293 g/mol. The van der Waals surface area contributed by atoms with Crippen molar-refractivity contribution in [2.24, 2.45) is 11.7 Å². The maximum Gasteiger partial charge on any atom is 1.00 e. The molecule has 22 heavy (non-hydrogen) atoms. The normalized spacial score (nSPS) is 16.4. The van der Waals surface area contributed by atoms with Gasteiger partial charge in [0, 0.05) is 29.6 Å². The van der Waals surface area contributed by atoms with Gasteiger partial charge in [0.1, 0.15) is 5.84 Å². The van der Waals surface area contributed by atoms with E-state index in [-0.39, 0.29) is 42.7 Å². The quantitative estimate of drug-likeness (QED) is 0.299. The molecule has 0 spiro atoms. The van der Waals surface area contributed by atoms with E-state index in [0.29, 0.717) is 18.4 Å². The van der Waals surface area contributed by atoms with Crippen molar-refractivity contribution in [2.75, 3.05) is 0 Å². The predicted molar refractivity (Wildman–Crippen MR) is 75.1 cm³/mol. The van der Waals surface area contributed by atoms with Crippen LogP contribution >= 0.6 is 0 Å². The number of aliphatic carboxylic acids is 1. The molecule has 1 aliphatic carbocycles. The first-order chi connectivity index (χ1) is 9.99. The van der Waals surface area contributed by atoms with E-state index >= 15 is 0 Å². The summed E-state index contributed by atoms with van der Waals surface area (Å²) < 4.78 is 0. The summed E-state index contributed by atoms with van der Waals surface area (Å²) in [5.41, 5.74) is 7.09. The molecule has 0 saturated heterocycles. The van der Waals surface area contributed by atoms with Crippen molar-refractivity contribution < 1.29 is 33.6 Å². The maximum atomic E-state index is 12.0. The van der Waals surface area contributed by atoms with Gasteiger partial charge in [-0.3, -0.25) is 10.2 Å². The maximum absolute atomic E-state index is 12.0. The fraction of sp³-hybridized carbons (Fsp3) is 0.267. The Morgan fingerprint density at radius 3 is 2.50 bits per heavy atom. The second kappa shape index (κ2) is 7.83. The number of nitrogens with two attached hydrogens (primary N) is 1. The largest absolute Gasteiger partial charge is 1.00 e. The number of nitrogens with one attached hydrogen (secondary N) is 2. The van der Waals surface area contributed by atoms with Crippen LogP contribution in [0.25, 0.3) is 0 Å². The van der Waals surface area contributed by atoms with E-state index in [2.05, 4.69) is 5.32 Å². The molecule has 7 heteroatoms. The fourth-order valence-corrected chi connectivity index (χ4v) is 2.29. The second-order valence-electron chi connectivity index (χ2n) is 4.90. The Morgan fingerprint density at radius 1 is 1.32 bits per heavy atom. The molecule has 0 radical (unpaired) electrons. The second-order valence-corrected chi connectivity index (χ2v) is 4.90. The molecule has 1 aromatic carbocycles. The summed E-state index contributed by atoms with van der Waals surface area (Å²) >= 11 is 0. The van der Waals surface area contributed by atoms with Crippen molar-refractivity contribution in [1.29, 1.82) is 5.41 Å². The van der Waals surface area contributed by atoms with Gasteiger partial charge in [-0.15, -0.1) is 0 Å². The van der Waals surface area contributed by atoms with Crippen LogP contribution in [0, 0.1) is 11.3 Å². The molecule has 1 aromatic rings. The molecule has 0 aliphatic heterocycles. The Labute approximate surface area is 140 Å². The topological polar surface area (TPSA) is 119 Å². The zero-order valence-corrected chi connectivity index (χ0v) is 12.4. The summed E-state index contributed by atoms with van der Waals surface area (Å²) in [7, 11) is 0. The van der Waals surface area contributed by atoms with E-state index in [9.17, 15) is 14.7 Å². The first-order valence-electron chi connectivity index (χ1n) is 6.61. The van der Waals surface area contributed by atoms with Crippen LogP contribution in [-0.4, -0.2) is 17.7 Å². The molecule has 1 unspecified atom stereocenters. The molecular weight excluding hydrogens is 277 g/mol. The van der Waals surface area contributed by atoms with Gasteiger partial charge in [-0.25, -0.2) is 0 Å². The number of carboxylic acids is 1. The Hall–Kier alpha value is -2.03. The molecule has 1 atom stereocenters. The number of hydrogen-bond donors (Lipinski definition) is 3. The molecular formula is C15H16LiN3O3. The number of allylic oxidation sites excluding steroid dienone is 1. The summed E-state index contributed by atoms with van der Waals surface area (Å²) in [5.74, 6) is -2.42. The number of carboxylic acid groups (broad SMARTS) is 1. The van der Waals surface area contributed by atoms with Gasteiger partial charge in [0.2, 0.25) is 5.91 Å². The van der Waals surface area contributed by atoms with Crippen LogP contribution in [0.2, 0.25) is 0 Å². The standard InChI is InChI=1S/C15H17N3O3.Li/c16-13(17)10-6-4-9(5-7-10)8-18-14(19)11-2-1-3-12(11)15(20)21;/h2,4-7,12H,1,3,8H2,(H3,16,17)(H,18,19)(H,20,21);/q;+1/p-1. The molecule has 0 bridgehead atoms. The third-order valence-corrected chi connectivity index (χ3v) is 3.46. The number of amidine groups is 1. The first kappa shape index (κ1) is 18.0. The molecule has 4 N–H and O–H groups in total. The summed E-state index contributed by atoms with van der Waals surface area (Å²) in [5, 5.41) is 20.9. The number of carbonyl (C=O) groups excluding carboxylic acids is 2. The minimum atomic E-state index is -1.21. The minimum absolute atomic E-state index is 0. The summed E-state index contributed by atoms with van der Waals surface area (Å²) in [6.45, 7) is 0.286. The van der Waals surface area contributed by atoms with Gasteiger partial charge >= 0.3 is 18.9 Å². The molecule has 0 saturated carbocycles. The molecule has 1 amide bonds. The van der Waals surface area contributed by atoms with Crippen LogP contribution in [0.5, 0.6) is 0 Å². The SMILES string of the molecule is N=C(N)c1ccc(CNC(=O)C2=CCCC2C(=O)[O-])cc1.[Li+]. The van der Waals surface area contributed by atoms with Crippen LogP contribution in [-0.2, 0) is 16.1 Å². The van der Waals surface area contributed by atoms with Crippen molar-refractivity contribution in [3.8, 4) is 0 Å². The molecule has 110 valence electrons. The number of carbonyl (C=O) groups is 2. The first-order valence-corrected chi connectivity index (χ1v) is 6.61. The molecule has 0 heterocycles. The van der Waals surface area contributed by atoms with Crippen LogP contribution in [0.4, 0.5) is 0 Å². The Bertz CT molecular complexity index is 611. The van der Waals surface area contributed by atoms with Crippen LogP contribution in [0.3, 0.4) is 0 Å². The molecule has 2 rings (SSSR count). The van der Waals surface area contributed by atoms with Gasteiger partial charge in [-0.1, -0.05) is 30.3 Å². The predicted octanol–water partition coefficient (Wildman–Crippen LogP) is -3.32. The average Bonchev–Trinajstić information content (AvgIpc) is 2.95. The Kier molecular flexibility index (Phi) is 6.41. The van der Waals surface area contributed by atoms with Crippen LogP contribution < -0.4 is 35.0 Å². The van der Waals surface area contributed by atoms with Gasteiger partial charge in [0.25, 0.3) is 0 Å². The number of benzene rings is 1. The third kappa shape index (κ3) is 4.23. The van der Waals surface area contributed by atoms with E-state index in [1.54, 1.807) is 30.3 Å². The van der Waals surface area contributed by atoms with E-state index in [4.69, 9.17) is 11.1 Å². The minimum Gasteiger partial charge on any atom is -0.549 e. The summed E-state index contributed by atoms with van der Waals surface area (Å²) in [6, 6.07) is 6.91. The smallest absolute Gasteiger partial charge is 0.549 e. The third-order valence-electron chi connectivity index (χ3n) is 3.46. The van der Waals surface area contributed by atoms with Gasteiger partial charge in [0.15, 0.2) is 0 Å². The van der Waals surface area contributed by atoms with Crippen molar-refractivity contribution in [2.45, 2.75) is 19.4 Å². The van der Waals surface area contributed by atoms with E-state index < -0.39 is 11.9 Å². The number of rotatable bonds is 5. The summed E-state index contributed by atoms with van der Waals surface area (Å²) in [6.07, 6.45) is 2.64. The van der Waals surface area contributed by atoms with Crippen molar-refractivity contribution >= 4 is 17.7 Å². The zero-order chi connectivity index (χ0) is 15.4. The van der Waals surface area contributed by atoms with Crippen molar-refractivity contribution in [1.82, 2.24) is 5.32 Å². The fourth-order valence-electron chi connectivity index (χ4n) is 2.29. The van der Waals surface area contributed by atoms with Gasteiger partial charge in [-0.05, 0) is 18.4 Å². The Balaban J connectivity index is 0.00000242. The van der Waals surface area contributed by atoms with E-state index in [1.807, 2.05) is 0 Å². The van der Waals surface area contributed by atoms with Crippen molar-refractivity contribution in [3.63, 3.8) is 0 Å². The monoisotopic (exact) mass is 293 g/mol. The van der Waals surface area contributed by atoms with Gasteiger partial charge in [-0.2, -0.15) is 0 Å². The zero-order valence-electron chi connectivity index (χ0n) is 12.4. The van der Waals surface area contributed by atoms with E-state index in [0.717, 1.165) is 5.56 Å².